The molecule has 2 aromatic heterocycles. The third kappa shape index (κ3) is 3.51. The van der Waals surface area contributed by atoms with Crippen LogP contribution in [-0.4, -0.2) is 48.6 Å². The van der Waals surface area contributed by atoms with E-state index < -0.39 is 0 Å². The zero-order chi connectivity index (χ0) is 18.8. The number of nitrogens with zero attached hydrogens (tertiary/aromatic N) is 6. The van der Waals surface area contributed by atoms with Gasteiger partial charge in [-0.15, -0.1) is 10.2 Å². The molecule has 27 heavy (non-hydrogen) atoms. The lowest BCUT2D eigenvalue weighted by molar-refractivity contribution is 0.0710. The van der Waals surface area contributed by atoms with Gasteiger partial charge in [0.05, 0.1) is 0 Å². The summed E-state index contributed by atoms with van der Waals surface area (Å²) in [7, 11) is 1.96. The SMILES string of the molecule is Cn1cnnc1C1CCN(C(=O)c2cccc(-c3cnc(N)nc3)c2)CC1. The largest absolute Gasteiger partial charge is 0.368 e. The predicted molar refractivity (Wildman–Crippen MR) is 101 cm³/mol. The fraction of sp³-hybridized carbons (Fsp3) is 0.316. The molecule has 3 aromatic rings. The van der Waals surface area contributed by atoms with Gasteiger partial charge in [0.1, 0.15) is 12.2 Å². The minimum absolute atomic E-state index is 0.0460. The van der Waals surface area contributed by atoms with Gasteiger partial charge < -0.3 is 15.2 Å². The quantitative estimate of drug-likeness (QED) is 0.762. The number of nitrogens with two attached hydrogens (primary N) is 1. The van der Waals surface area contributed by atoms with Crippen molar-refractivity contribution in [1.29, 1.82) is 0 Å². The van der Waals surface area contributed by atoms with E-state index in [1.54, 1.807) is 18.7 Å². The minimum atomic E-state index is 0.0460. The summed E-state index contributed by atoms with van der Waals surface area (Å²) >= 11 is 0. The van der Waals surface area contributed by atoms with E-state index in [4.69, 9.17) is 5.73 Å². The molecule has 2 N–H and O–H groups in total. The maximum absolute atomic E-state index is 12.9. The first-order valence-electron chi connectivity index (χ1n) is 8.93. The molecule has 8 heteroatoms. The van der Waals surface area contributed by atoms with Gasteiger partial charge in [-0.1, -0.05) is 12.1 Å². The second kappa shape index (κ2) is 7.14. The van der Waals surface area contributed by atoms with Crippen LogP contribution >= 0.6 is 0 Å². The third-order valence-corrected chi connectivity index (χ3v) is 5.01. The summed E-state index contributed by atoms with van der Waals surface area (Å²) < 4.78 is 1.96. The van der Waals surface area contributed by atoms with Crippen molar-refractivity contribution in [3.8, 4) is 11.1 Å². The van der Waals surface area contributed by atoms with Crippen LogP contribution in [0.15, 0.2) is 43.0 Å². The molecule has 1 amide bonds. The van der Waals surface area contributed by atoms with Gasteiger partial charge in [0.25, 0.3) is 5.91 Å². The molecule has 1 aromatic carbocycles. The number of hydrogen-bond acceptors (Lipinski definition) is 6. The van der Waals surface area contributed by atoms with Gasteiger partial charge in [0.2, 0.25) is 5.95 Å². The summed E-state index contributed by atoms with van der Waals surface area (Å²) in [5, 5.41) is 8.16. The number of hydrogen-bond donors (Lipinski definition) is 1. The molecule has 1 fully saturated rings. The molecule has 3 heterocycles. The molecule has 0 aliphatic carbocycles. The van der Waals surface area contributed by atoms with E-state index in [1.807, 2.05) is 40.8 Å². The van der Waals surface area contributed by atoms with Crippen LogP contribution in [-0.2, 0) is 7.05 Å². The highest BCUT2D eigenvalue weighted by Crippen LogP contribution is 2.27. The molecule has 1 saturated heterocycles. The first-order chi connectivity index (χ1) is 13.1. The number of likely N-dealkylation sites (tertiary alicyclic amines) is 1. The number of aryl methyl sites for hydroxylation is 1. The van der Waals surface area contributed by atoms with E-state index in [-0.39, 0.29) is 11.9 Å². The summed E-state index contributed by atoms with van der Waals surface area (Å²) in [6.07, 6.45) is 6.84. The fourth-order valence-corrected chi connectivity index (χ4v) is 3.50. The Morgan fingerprint density at radius 3 is 2.56 bits per heavy atom. The van der Waals surface area contributed by atoms with Gasteiger partial charge in [-0.05, 0) is 30.5 Å². The average Bonchev–Trinajstić information content (AvgIpc) is 3.14. The predicted octanol–water partition coefficient (Wildman–Crippen LogP) is 1.87. The van der Waals surface area contributed by atoms with E-state index in [9.17, 15) is 4.79 Å². The number of anilines is 1. The van der Waals surface area contributed by atoms with E-state index >= 15 is 0 Å². The van der Waals surface area contributed by atoms with Gasteiger partial charge >= 0.3 is 0 Å². The summed E-state index contributed by atoms with van der Waals surface area (Å²) in [4.78, 5) is 22.9. The molecule has 138 valence electrons. The molecule has 0 bridgehead atoms. The number of rotatable bonds is 3. The van der Waals surface area contributed by atoms with Crippen molar-refractivity contribution in [3.05, 3.63) is 54.4 Å². The van der Waals surface area contributed by atoms with Crippen molar-refractivity contribution in [2.45, 2.75) is 18.8 Å². The molecular formula is C19H21N7O. The van der Waals surface area contributed by atoms with Crippen molar-refractivity contribution in [2.75, 3.05) is 18.8 Å². The average molecular weight is 363 g/mol. The Bertz CT molecular complexity index is 943. The Kier molecular flexibility index (Phi) is 4.53. The van der Waals surface area contributed by atoms with Gasteiger partial charge in [-0.2, -0.15) is 0 Å². The summed E-state index contributed by atoms with van der Waals surface area (Å²) in [5.41, 5.74) is 7.94. The molecule has 8 nitrogen and oxygen atoms in total. The van der Waals surface area contributed by atoms with Crippen molar-refractivity contribution in [1.82, 2.24) is 29.6 Å². The Morgan fingerprint density at radius 2 is 1.89 bits per heavy atom. The number of carbonyl (C=O) groups is 1. The summed E-state index contributed by atoms with van der Waals surface area (Å²) in [6.45, 7) is 1.43. The highest BCUT2D eigenvalue weighted by Gasteiger charge is 2.27. The van der Waals surface area contributed by atoms with Gasteiger partial charge in [0.15, 0.2) is 0 Å². The Morgan fingerprint density at radius 1 is 1.15 bits per heavy atom. The second-order valence-electron chi connectivity index (χ2n) is 6.78. The number of nitrogen functional groups attached to an aromatic ring is 1. The molecule has 0 spiro atoms. The van der Waals surface area contributed by atoms with Crippen LogP contribution in [0.25, 0.3) is 11.1 Å². The van der Waals surface area contributed by atoms with Gasteiger partial charge in [-0.3, -0.25) is 4.79 Å². The van der Waals surface area contributed by atoms with Crippen molar-refractivity contribution >= 4 is 11.9 Å². The maximum Gasteiger partial charge on any atom is 0.253 e. The number of carbonyl (C=O) groups excluding carboxylic acids is 1. The minimum Gasteiger partial charge on any atom is -0.368 e. The van der Waals surface area contributed by atoms with Crippen LogP contribution in [0, 0.1) is 0 Å². The zero-order valence-corrected chi connectivity index (χ0v) is 15.1. The van der Waals surface area contributed by atoms with Crippen LogP contribution < -0.4 is 5.73 Å². The molecular weight excluding hydrogens is 342 g/mol. The zero-order valence-electron chi connectivity index (χ0n) is 15.1. The summed E-state index contributed by atoms with van der Waals surface area (Å²) in [5.74, 6) is 1.62. The highest BCUT2D eigenvalue weighted by molar-refractivity contribution is 5.95. The van der Waals surface area contributed by atoms with Crippen LogP contribution in [0.3, 0.4) is 0 Å². The van der Waals surface area contributed by atoms with E-state index in [1.165, 1.54) is 0 Å². The van der Waals surface area contributed by atoms with E-state index in [0.29, 0.717) is 24.6 Å². The second-order valence-corrected chi connectivity index (χ2v) is 6.78. The Balaban J connectivity index is 1.47. The molecule has 0 unspecified atom stereocenters. The highest BCUT2D eigenvalue weighted by atomic mass is 16.2. The standard InChI is InChI=1S/C19H21N7O/c1-25-12-23-24-17(25)13-5-7-26(8-6-13)18(27)15-4-2-3-14(9-15)16-10-21-19(20)22-11-16/h2-4,9-13H,5-8H2,1H3,(H2,20,21,22). The normalized spacial score (nSPS) is 15.1. The Hall–Kier alpha value is -3.29. The fourth-order valence-electron chi connectivity index (χ4n) is 3.50. The molecule has 1 aliphatic heterocycles. The van der Waals surface area contributed by atoms with Crippen molar-refractivity contribution in [3.63, 3.8) is 0 Å². The Labute approximate surface area is 157 Å². The van der Waals surface area contributed by atoms with E-state index in [2.05, 4.69) is 20.2 Å². The number of aromatic nitrogens is 5. The van der Waals surface area contributed by atoms with Gasteiger partial charge in [-0.25, -0.2) is 9.97 Å². The summed E-state index contributed by atoms with van der Waals surface area (Å²) in [6, 6.07) is 7.54. The number of piperidine rings is 1. The molecule has 4 rings (SSSR count). The van der Waals surface area contributed by atoms with Crippen LogP contribution in [0.1, 0.15) is 34.9 Å². The number of amides is 1. The number of benzene rings is 1. The smallest absolute Gasteiger partial charge is 0.253 e. The van der Waals surface area contributed by atoms with Crippen molar-refractivity contribution in [2.24, 2.45) is 7.05 Å². The lowest BCUT2D eigenvalue weighted by Crippen LogP contribution is -2.38. The third-order valence-electron chi connectivity index (χ3n) is 5.01. The van der Waals surface area contributed by atoms with E-state index in [0.717, 1.165) is 29.8 Å². The topological polar surface area (TPSA) is 103 Å². The van der Waals surface area contributed by atoms with Crippen LogP contribution in [0.5, 0.6) is 0 Å². The lowest BCUT2D eigenvalue weighted by Gasteiger charge is -2.31. The molecule has 1 aliphatic rings. The van der Waals surface area contributed by atoms with Gasteiger partial charge in [0, 0.05) is 49.6 Å². The molecule has 0 radical (unpaired) electrons. The van der Waals surface area contributed by atoms with Crippen LogP contribution in [0.2, 0.25) is 0 Å². The first-order valence-corrected chi connectivity index (χ1v) is 8.93. The molecule has 0 saturated carbocycles. The maximum atomic E-state index is 12.9. The molecule has 0 atom stereocenters. The lowest BCUT2D eigenvalue weighted by atomic mass is 9.95. The van der Waals surface area contributed by atoms with Crippen LogP contribution in [0.4, 0.5) is 5.95 Å². The monoisotopic (exact) mass is 363 g/mol. The van der Waals surface area contributed by atoms with Crippen molar-refractivity contribution < 1.29 is 4.79 Å². The first kappa shape index (κ1) is 17.1.